The topological polar surface area (TPSA) is 67.8 Å². The number of anilines is 1. The molecule has 6 heteroatoms. The molecule has 0 unspecified atom stereocenters. The average Bonchev–Trinajstić information content (AvgIpc) is 2.45. The van der Waals surface area contributed by atoms with Gasteiger partial charge in [-0.3, -0.25) is 15.1 Å². The van der Waals surface area contributed by atoms with Crippen LogP contribution in [0, 0.1) is 6.92 Å². The molecule has 21 heavy (non-hydrogen) atoms. The van der Waals surface area contributed by atoms with Gasteiger partial charge in [-0.05, 0) is 31.2 Å². The van der Waals surface area contributed by atoms with Crippen LogP contribution in [0.3, 0.4) is 0 Å². The number of amides is 1. The number of benzene rings is 1. The molecule has 104 valence electrons. The lowest BCUT2D eigenvalue weighted by Crippen LogP contribution is -2.15. The Bertz CT molecular complexity index is 809. The minimum Gasteiger partial charge on any atom is -0.290 e. The van der Waals surface area contributed by atoms with E-state index in [1.165, 1.54) is 0 Å². The Labute approximate surface area is 126 Å². The maximum Gasteiger partial charge on any atom is 0.258 e. The van der Waals surface area contributed by atoms with E-state index in [1.807, 2.05) is 12.1 Å². The van der Waals surface area contributed by atoms with Gasteiger partial charge in [0.25, 0.3) is 5.91 Å². The molecule has 2 heterocycles. The van der Waals surface area contributed by atoms with Gasteiger partial charge < -0.3 is 0 Å². The predicted molar refractivity (Wildman–Crippen MR) is 81.5 cm³/mol. The molecule has 0 aliphatic rings. The van der Waals surface area contributed by atoms with E-state index in [9.17, 15) is 4.79 Å². The molecule has 0 aliphatic carbocycles. The third kappa shape index (κ3) is 2.83. The molecule has 0 aliphatic heterocycles. The number of hydrogen-bond donors (Lipinski definition) is 1. The Morgan fingerprint density at radius 3 is 2.86 bits per heavy atom. The molecule has 0 radical (unpaired) electrons. The van der Waals surface area contributed by atoms with E-state index in [-0.39, 0.29) is 17.0 Å². The van der Waals surface area contributed by atoms with Crippen LogP contribution in [0.4, 0.5) is 5.95 Å². The lowest BCUT2D eigenvalue weighted by Gasteiger charge is -2.07. The van der Waals surface area contributed by atoms with Crippen molar-refractivity contribution in [3.63, 3.8) is 0 Å². The molecule has 0 fully saturated rings. The van der Waals surface area contributed by atoms with Crippen molar-refractivity contribution in [3.8, 4) is 0 Å². The number of pyridine rings is 1. The quantitative estimate of drug-likeness (QED) is 0.738. The van der Waals surface area contributed by atoms with Crippen LogP contribution in [0.15, 0.2) is 42.6 Å². The van der Waals surface area contributed by atoms with Crippen molar-refractivity contribution in [1.82, 2.24) is 15.0 Å². The Morgan fingerprint density at radius 1 is 1.19 bits per heavy atom. The molecule has 0 spiro atoms. The first-order valence-corrected chi connectivity index (χ1v) is 6.67. The van der Waals surface area contributed by atoms with Gasteiger partial charge in [-0.15, -0.1) is 0 Å². The number of halogens is 1. The fourth-order valence-electron chi connectivity index (χ4n) is 2.06. The Balaban J connectivity index is 1.97. The molecule has 1 N–H and O–H groups in total. The summed E-state index contributed by atoms with van der Waals surface area (Å²) < 4.78 is 0. The lowest BCUT2D eigenvalue weighted by molar-refractivity contribution is 0.102. The van der Waals surface area contributed by atoms with Crippen molar-refractivity contribution < 1.29 is 4.79 Å². The highest BCUT2D eigenvalue weighted by atomic mass is 35.5. The van der Waals surface area contributed by atoms with Crippen LogP contribution in [0.5, 0.6) is 0 Å². The maximum atomic E-state index is 12.4. The molecule has 5 nitrogen and oxygen atoms in total. The molecule has 0 bridgehead atoms. The monoisotopic (exact) mass is 298 g/mol. The fraction of sp³-hybridized carbons (Fsp3) is 0.0667. The van der Waals surface area contributed by atoms with Crippen LogP contribution in [0.2, 0.25) is 5.15 Å². The summed E-state index contributed by atoms with van der Waals surface area (Å²) in [7, 11) is 0. The second-order valence-electron chi connectivity index (χ2n) is 4.49. The largest absolute Gasteiger partial charge is 0.290 e. The smallest absolute Gasteiger partial charge is 0.258 e. The number of fused-ring (bicyclic) bond motifs is 1. The average molecular weight is 299 g/mol. The predicted octanol–water partition coefficient (Wildman–Crippen LogP) is 3.24. The molecule has 0 saturated carbocycles. The van der Waals surface area contributed by atoms with E-state index in [4.69, 9.17) is 11.6 Å². The van der Waals surface area contributed by atoms with Gasteiger partial charge in [-0.25, -0.2) is 9.97 Å². The second kappa shape index (κ2) is 5.46. The Morgan fingerprint density at radius 2 is 2.05 bits per heavy atom. The highest BCUT2D eigenvalue weighted by Crippen LogP contribution is 2.18. The summed E-state index contributed by atoms with van der Waals surface area (Å²) in [6, 6.07) is 10.6. The molecule has 1 amide bonds. The van der Waals surface area contributed by atoms with Crippen LogP contribution in [0.25, 0.3) is 10.9 Å². The normalized spacial score (nSPS) is 10.6. The van der Waals surface area contributed by atoms with Gasteiger partial charge in [0.15, 0.2) is 0 Å². The number of nitrogens with one attached hydrogen (secondary N) is 1. The van der Waals surface area contributed by atoms with Crippen LogP contribution in [0.1, 0.15) is 16.1 Å². The third-order valence-electron chi connectivity index (χ3n) is 2.94. The Kier molecular flexibility index (Phi) is 3.50. The minimum atomic E-state index is -0.296. The fourth-order valence-corrected chi connectivity index (χ4v) is 2.29. The van der Waals surface area contributed by atoms with E-state index in [0.717, 1.165) is 10.9 Å². The molecule has 0 atom stereocenters. The number of hydrogen-bond acceptors (Lipinski definition) is 4. The summed E-state index contributed by atoms with van der Waals surface area (Å²) in [4.78, 5) is 24.7. The van der Waals surface area contributed by atoms with Crippen molar-refractivity contribution in [1.29, 1.82) is 0 Å². The maximum absolute atomic E-state index is 12.4. The molecule has 3 rings (SSSR count). The lowest BCUT2D eigenvalue weighted by atomic mass is 10.1. The van der Waals surface area contributed by atoms with E-state index in [2.05, 4.69) is 20.3 Å². The van der Waals surface area contributed by atoms with Crippen LogP contribution in [-0.4, -0.2) is 20.9 Å². The molecular formula is C15H11ClN4O. The number of carbonyl (C=O) groups excluding carboxylic acids is 1. The van der Waals surface area contributed by atoms with E-state index < -0.39 is 0 Å². The number of rotatable bonds is 2. The Hall–Kier alpha value is -2.53. The molecule has 2 aromatic heterocycles. The summed E-state index contributed by atoms with van der Waals surface area (Å²) in [6.07, 6.45) is 1.69. The number of aromatic nitrogens is 3. The van der Waals surface area contributed by atoms with E-state index >= 15 is 0 Å². The second-order valence-corrected chi connectivity index (χ2v) is 4.87. The summed E-state index contributed by atoms with van der Waals surface area (Å²) in [5.74, 6) is -0.110. The van der Waals surface area contributed by atoms with Crippen LogP contribution in [-0.2, 0) is 0 Å². The van der Waals surface area contributed by atoms with Gasteiger partial charge in [0.1, 0.15) is 5.15 Å². The number of carbonyl (C=O) groups is 1. The van der Waals surface area contributed by atoms with Gasteiger partial charge in [0.05, 0.1) is 5.52 Å². The highest BCUT2D eigenvalue weighted by molar-refractivity contribution is 6.29. The van der Waals surface area contributed by atoms with Crippen molar-refractivity contribution in [2.45, 2.75) is 6.92 Å². The van der Waals surface area contributed by atoms with Gasteiger partial charge in [0.2, 0.25) is 5.95 Å². The summed E-state index contributed by atoms with van der Waals surface area (Å²) >= 11 is 5.86. The minimum absolute atomic E-state index is 0.186. The first kappa shape index (κ1) is 13.5. The number of nitrogens with zero attached hydrogens (tertiary/aromatic N) is 3. The van der Waals surface area contributed by atoms with Crippen molar-refractivity contribution in [2.75, 3.05) is 5.32 Å². The van der Waals surface area contributed by atoms with E-state index in [1.54, 1.807) is 37.4 Å². The number of aryl methyl sites for hydroxylation is 1. The van der Waals surface area contributed by atoms with Gasteiger partial charge >= 0.3 is 0 Å². The van der Waals surface area contributed by atoms with Crippen molar-refractivity contribution in [3.05, 3.63) is 59.0 Å². The standard InChI is InChI=1S/C15H11ClN4O/c1-9-8-13(16)19-15(18-9)20-14(21)11-4-2-6-12-10(11)5-3-7-17-12/h2-8H,1H3,(H,18,19,20,21). The third-order valence-corrected chi connectivity index (χ3v) is 3.13. The molecule has 3 aromatic rings. The first-order chi connectivity index (χ1) is 10.1. The zero-order valence-electron chi connectivity index (χ0n) is 11.2. The summed E-state index contributed by atoms with van der Waals surface area (Å²) in [5, 5.41) is 3.72. The van der Waals surface area contributed by atoms with Gasteiger partial charge in [-0.2, -0.15) is 0 Å². The van der Waals surface area contributed by atoms with Crippen molar-refractivity contribution >= 4 is 34.4 Å². The van der Waals surface area contributed by atoms with Crippen LogP contribution >= 0.6 is 11.6 Å². The molecule has 1 aromatic carbocycles. The SMILES string of the molecule is Cc1cc(Cl)nc(NC(=O)c2cccc3ncccc23)n1. The molecule has 0 saturated heterocycles. The van der Waals surface area contributed by atoms with Gasteiger partial charge in [0, 0.05) is 22.8 Å². The van der Waals surface area contributed by atoms with E-state index in [0.29, 0.717) is 11.3 Å². The zero-order valence-corrected chi connectivity index (χ0v) is 11.9. The first-order valence-electron chi connectivity index (χ1n) is 6.30. The zero-order chi connectivity index (χ0) is 14.8. The molecular weight excluding hydrogens is 288 g/mol. The summed E-state index contributed by atoms with van der Waals surface area (Å²) in [5.41, 5.74) is 1.96. The highest BCUT2D eigenvalue weighted by Gasteiger charge is 2.12. The van der Waals surface area contributed by atoms with Crippen molar-refractivity contribution in [2.24, 2.45) is 0 Å². The summed E-state index contributed by atoms with van der Waals surface area (Å²) in [6.45, 7) is 1.78. The van der Waals surface area contributed by atoms with Gasteiger partial charge in [-0.1, -0.05) is 23.7 Å². The van der Waals surface area contributed by atoms with Crippen LogP contribution < -0.4 is 5.32 Å².